The maximum absolute atomic E-state index is 13.1. The van der Waals surface area contributed by atoms with E-state index in [2.05, 4.69) is 5.32 Å². The van der Waals surface area contributed by atoms with Gasteiger partial charge in [0.1, 0.15) is 116 Å². The number of aliphatic hydroxyl groups is 13. The van der Waals surface area contributed by atoms with Gasteiger partial charge in [-0.1, -0.05) is 6.92 Å². The van der Waals surface area contributed by atoms with E-state index in [0.717, 1.165) is 13.8 Å². The lowest BCUT2D eigenvalue weighted by atomic mass is 9.94. The van der Waals surface area contributed by atoms with Gasteiger partial charge in [-0.3, -0.25) is 9.59 Å². The van der Waals surface area contributed by atoms with Crippen LogP contribution in [0.25, 0.3) is 0 Å². The number of esters is 1. The Morgan fingerprint density at radius 2 is 0.847 bits per heavy atom. The van der Waals surface area contributed by atoms with Crippen molar-refractivity contribution in [1.82, 2.24) is 5.32 Å². The second kappa shape index (κ2) is 25.4. The van der Waals surface area contributed by atoms with Crippen molar-refractivity contribution in [2.75, 3.05) is 19.8 Å². The maximum Gasteiger partial charge on any atom is 0.303 e. The molecule has 6 aliphatic heterocycles. The Morgan fingerprint density at radius 3 is 1.39 bits per heavy atom. The van der Waals surface area contributed by atoms with Crippen LogP contribution in [0.5, 0.6) is 0 Å². The summed E-state index contributed by atoms with van der Waals surface area (Å²) in [6.45, 7) is 7.62. The van der Waals surface area contributed by atoms with Gasteiger partial charge in [-0.2, -0.15) is 0 Å². The molecule has 0 radical (unpaired) electrons. The fourth-order valence-electron chi connectivity index (χ4n) is 9.29. The van der Waals surface area contributed by atoms with Crippen LogP contribution >= 0.6 is 0 Å². The van der Waals surface area contributed by atoms with Crippen molar-refractivity contribution >= 4 is 11.9 Å². The van der Waals surface area contributed by atoms with Gasteiger partial charge in [0.05, 0.1) is 37.6 Å². The standard InChI is InChI=1S/C43H73NO28/c1-8-9-60-41-35(29(57)22(50)13(3)62-41)71-43-37(34(24(52)15(5)64-43)70-40-31(59)28(56)25(53)18(10-45)67-40)72-38-20(44-16(6)47)32(26(54)19(11-46)66-38)68-42-36(65-17(7)48)33(23(51)14(4)63-42)69-39-30(58)27(55)21(49)12(2)61-39/h12-15,18-43,45-46,49-59H,8-11H2,1-7H3,(H,44,47)/t12?,13?,14?,15?,18-,19?,20?,21+,22+,23+,24+,25-,26+,27-,28?,29-,30?,31?,32-,33-,34-,35?,36?,37?,38+,39+,40-,41-,42+,43+/m1/s1. The predicted molar refractivity (Wildman–Crippen MR) is 229 cm³/mol. The van der Waals surface area contributed by atoms with Gasteiger partial charge in [0.25, 0.3) is 0 Å². The monoisotopic (exact) mass is 1050 g/mol. The molecule has 0 aromatic heterocycles. The molecule has 14 N–H and O–H groups in total. The Hall–Kier alpha value is -2.06. The van der Waals surface area contributed by atoms with Crippen LogP contribution in [0.15, 0.2) is 0 Å². The molecule has 0 aliphatic carbocycles. The zero-order valence-corrected chi connectivity index (χ0v) is 40.6. The van der Waals surface area contributed by atoms with Gasteiger partial charge in [-0.15, -0.1) is 0 Å². The third kappa shape index (κ3) is 12.8. The zero-order valence-electron chi connectivity index (χ0n) is 40.6. The Kier molecular flexibility index (Phi) is 20.9. The summed E-state index contributed by atoms with van der Waals surface area (Å²) in [7, 11) is 0. The molecule has 0 saturated carbocycles. The lowest BCUT2D eigenvalue weighted by molar-refractivity contribution is -0.406. The summed E-state index contributed by atoms with van der Waals surface area (Å²) in [5.41, 5.74) is 0. The lowest BCUT2D eigenvalue weighted by Crippen LogP contribution is -2.71. The minimum Gasteiger partial charge on any atom is -0.454 e. The van der Waals surface area contributed by atoms with Crippen LogP contribution in [0.3, 0.4) is 0 Å². The van der Waals surface area contributed by atoms with E-state index in [4.69, 9.17) is 61.6 Å². The van der Waals surface area contributed by atoms with E-state index in [1.54, 1.807) is 6.92 Å². The number of amides is 1. The van der Waals surface area contributed by atoms with Crippen LogP contribution in [0.4, 0.5) is 0 Å². The van der Waals surface area contributed by atoms with Crippen LogP contribution in [-0.4, -0.2) is 282 Å². The van der Waals surface area contributed by atoms with Gasteiger partial charge in [0, 0.05) is 20.5 Å². The van der Waals surface area contributed by atoms with E-state index < -0.39 is 209 Å². The van der Waals surface area contributed by atoms with Crippen molar-refractivity contribution in [3.8, 4) is 0 Å². The molecule has 6 aliphatic rings. The van der Waals surface area contributed by atoms with Crippen LogP contribution in [0.2, 0.25) is 0 Å². The average Bonchev–Trinajstić information content (AvgIpc) is 3.33. The first kappa shape index (κ1) is 59.2. The largest absolute Gasteiger partial charge is 0.454 e. The molecule has 0 aromatic rings. The van der Waals surface area contributed by atoms with Crippen molar-refractivity contribution in [1.29, 1.82) is 0 Å². The first-order valence-corrected chi connectivity index (χ1v) is 23.9. The highest BCUT2D eigenvalue weighted by Gasteiger charge is 2.59. The molecule has 29 nitrogen and oxygen atoms in total. The van der Waals surface area contributed by atoms with Gasteiger partial charge < -0.3 is 133 Å². The van der Waals surface area contributed by atoms with E-state index in [-0.39, 0.29) is 6.61 Å². The molecule has 1 amide bonds. The molecule has 0 spiro atoms. The smallest absolute Gasteiger partial charge is 0.303 e. The molecular formula is C43H73NO28. The number of nitrogens with one attached hydrogen (secondary N) is 1. The second-order valence-electron chi connectivity index (χ2n) is 18.9. The molecule has 29 heteroatoms. The summed E-state index contributed by atoms with van der Waals surface area (Å²) in [5.74, 6) is -1.80. The number of carbonyl (C=O) groups is 2. The minimum absolute atomic E-state index is 0.0838. The molecule has 12 unspecified atom stereocenters. The molecule has 6 saturated heterocycles. The predicted octanol–water partition coefficient (Wildman–Crippen LogP) is -7.84. The molecule has 418 valence electrons. The van der Waals surface area contributed by atoms with Gasteiger partial charge in [0.15, 0.2) is 43.8 Å². The molecule has 30 atom stereocenters. The first-order chi connectivity index (χ1) is 33.9. The van der Waals surface area contributed by atoms with Gasteiger partial charge in [0.2, 0.25) is 5.91 Å². The van der Waals surface area contributed by atoms with Crippen molar-refractivity contribution in [3.63, 3.8) is 0 Å². The van der Waals surface area contributed by atoms with Gasteiger partial charge in [-0.25, -0.2) is 0 Å². The van der Waals surface area contributed by atoms with Crippen LogP contribution in [0.1, 0.15) is 54.9 Å². The molecule has 6 rings (SSSR count). The summed E-state index contributed by atoms with van der Waals surface area (Å²) in [6, 6.07) is -1.75. The van der Waals surface area contributed by atoms with Crippen molar-refractivity contribution in [2.45, 2.75) is 239 Å². The SMILES string of the molecule is CCCO[C@@H]1OC(C)[C@H](O)[C@@H](O)C1O[C@@H]1OC(C)[C@H](O)[C@@H](O[C@H]2O[C@H](CO)[C@@H](O)C(O)C2O)C1O[C@@H]1OC(CO)[C@H](O)[C@H](O[C@@H]2OC(C)[C@H](O)[C@@H](O[C@@H]3OC(C)[C@H](O)[C@@H](O)C3O)C2OC(C)=O)C1NC(C)=O. The molecule has 6 heterocycles. The molecule has 0 bridgehead atoms. The average molecular weight is 1050 g/mol. The summed E-state index contributed by atoms with van der Waals surface area (Å²) in [4.78, 5) is 25.8. The number of rotatable bonds is 17. The fourth-order valence-corrected chi connectivity index (χ4v) is 9.29. The molecular weight excluding hydrogens is 978 g/mol. The van der Waals surface area contributed by atoms with E-state index in [1.807, 2.05) is 0 Å². The molecule has 0 aromatic carbocycles. The highest BCUT2D eigenvalue weighted by molar-refractivity contribution is 5.73. The highest BCUT2D eigenvalue weighted by atomic mass is 16.8. The zero-order chi connectivity index (χ0) is 53.2. The Balaban J connectivity index is 1.39. The van der Waals surface area contributed by atoms with E-state index in [1.165, 1.54) is 27.7 Å². The molecule has 6 fully saturated rings. The summed E-state index contributed by atoms with van der Waals surface area (Å²) >= 11 is 0. The Labute approximate surface area is 413 Å². The normalized spacial score (nSPS) is 50.3. The van der Waals surface area contributed by atoms with E-state index in [9.17, 15) is 76.0 Å². The minimum atomic E-state index is -2.04. The van der Waals surface area contributed by atoms with Crippen LogP contribution in [-0.2, 0) is 71.2 Å². The third-order valence-electron chi connectivity index (χ3n) is 13.4. The van der Waals surface area contributed by atoms with Crippen LogP contribution < -0.4 is 5.32 Å². The fraction of sp³-hybridized carbons (Fsp3) is 0.953. The number of carbonyl (C=O) groups excluding carboxylic acids is 2. The maximum atomic E-state index is 13.1. The van der Waals surface area contributed by atoms with Crippen molar-refractivity contribution < 1.29 is 138 Å². The Morgan fingerprint density at radius 1 is 0.431 bits per heavy atom. The lowest BCUT2D eigenvalue weighted by Gasteiger charge is -2.52. The first-order valence-electron chi connectivity index (χ1n) is 23.9. The summed E-state index contributed by atoms with van der Waals surface area (Å²) in [6.07, 6.45) is -48.7. The van der Waals surface area contributed by atoms with Gasteiger partial charge >= 0.3 is 5.97 Å². The van der Waals surface area contributed by atoms with Gasteiger partial charge in [-0.05, 0) is 34.1 Å². The second-order valence-corrected chi connectivity index (χ2v) is 18.9. The number of aliphatic hydroxyl groups excluding tert-OH is 13. The third-order valence-corrected chi connectivity index (χ3v) is 13.4. The summed E-state index contributed by atoms with van der Waals surface area (Å²) in [5, 5.41) is 144. The highest BCUT2D eigenvalue weighted by Crippen LogP contribution is 2.38. The van der Waals surface area contributed by atoms with Crippen molar-refractivity contribution in [3.05, 3.63) is 0 Å². The number of hydrogen-bond acceptors (Lipinski definition) is 28. The van der Waals surface area contributed by atoms with Crippen molar-refractivity contribution in [2.24, 2.45) is 0 Å². The van der Waals surface area contributed by atoms with Crippen LogP contribution in [0, 0.1) is 0 Å². The summed E-state index contributed by atoms with van der Waals surface area (Å²) < 4.78 is 77.8. The topological polar surface area (TPSA) is 429 Å². The number of hydrogen-bond donors (Lipinski definition) is 14. The Bertz CT molecular complexity index is 1720. The van der Waals surface area contributed by atoms with E-state index >= 15 is 0 Å². The quantitative estimate of drug-likeness (QED) is 0.0602. The molecule has 72 heavy (non-hydrogen) atoms. The number of ether oxygens (including phenoxy) is 13. The van der Waals surface area contributed by atoms with E-state index in [0.29, 0.717) is 6.42 Å².